The Morgan fingerprint density at radius 1 is 0.938 bits per heavy atom. The van der Waals surface area contributed by atoms with E-state index in [2.05, 4.69) is 0 Å². The van der Waals surface area contributed by atoms with Crippen molar-refractivity contribution in [3.8, 4) is 0 Å². The highest BCUT2D eigenvalue weighted by atomic mass is 16.8. The molecule has 0 fully saturated rings. The van der Waals surface area contributed by atoms with Crippen molar-refractivity contribution >= 4 is 0 Å². The van der Waals surface area contributed by atoms with Crippen LogP contribution in [0.25, 0.3) is 0 Å². The van der Waals surface area contributed by atoms with E-state index < -0.39 is 0 Å². The van der Waals surface area contributed by atoms with Crippen molar-refractivity contribution in [2.24, 2.45) is 0 Å². The lowest BCUT2D eigenvalue weighted by atomic mass is 10.1. The van der Waals surface area contributed by atoms with Gasteiger partial charge in [0.15, 0.2) is 0 Å². The first-order chi connectivity index (χ1) is 7.86. The normalized spacial score (nSPS) is 10.9. The second-order valence-electron chi connectivity index (χ2n) is 3.14. The molecule has 0 aliphatic heterocycles. The zero-order chi connectivity index (χ0) is 11.6. The first-order valence-corrected chi connectivity index (χ1v) is 5.00. The Labute approximate surface area is 96.1 Å². The van der Waals surface area contributed by atoms with Crippen molar-refractivity contribution in [3.63, 3.8) is 0 Å². The Balaban J connectivity index is 2.42. The summed E-state index contributed by atoms with van der Waals surface area (Å²) in [7, 11) is 3.13. The summed E-state index contributed by atoms with van der Waals surface area (Å²) < 4.78 is 20.2. The SMILES string of the molecule is COCO[C](Cc1ccccc1)OCOC. The molecule has 1 aromatic rings. The van der Waals surface area contributed by atoms with E-state index >= 15 is 0 Å². The van der Waals surface area contributed by atoms with Crippen LogP contribution in [0.2, 0.25) is 0 Å². The van der Waals surface area contributed by atoms with Crippen LogP contribution < -0.4 is 0 Å². The van der Waals surface area contributed by atoms with E-state index in [9.17, 15) is 0 Å². The summed E-state index contributed by atoms with van der Waals surface area (Å²) in [4.78, 5) is 0. The molecular formula is C12H17O4. The summed E-state index contributed by atoms with van der Waals surface area (Å²) in [6.45, 7) is 0.345. The number of benzene rings is 1. The zero-order valence-electron chi connectivity index (χ0n) is 9.64. The lowest BCUT2D eigenvalue weighted by molar-refractivity contribution is -0.150. The van der Waals surface area contributed by atoms with Gasteiger partial charge in [0, 0.05) is 20.6 Å². The van der Waals surface area contributed by atoms with Gasteiger partial charge < -0.3 is 18.9 Å². The van der Waals surface area contributed by atoms with Crippen LogP contribution in [0.5, 0.6) is 0 Å². The topological polar surface area (TPSA) is 36.9 Å². The first kappa shape index (κ1) is 13.1. The zero-order valence-corrected chi connectivity index (χ0v) is 9.64. The van der Waals surface area contributed by atoms with Crippen molar-refractivity contribution < 1.29 is 18.9 Å². The maximum atomic E-state index is 5.29. The second-order valence-corrected chi connectivity index (χ2v) is 3.14. The average Bonchev–Trinajstić information content (AvgIpc) is 2.34. The first-order valence-electron chi connectivity index (χ1n) is 5.00. The minimum Gasteiger partial charge on any atom is -0.359 e. The summed E-state index contributed by atoms with van der Waals surface area (Å²) in [6.07, 6.45) is 1.09. The van der Waals surface area contributed by atoms with E-state index in [4.69, 9.17) is 18.9 Å². The van der Waals surface area contributed by atoms with Crippen LogP contribution in [-0.2, 0) is 25.4 Å². The quantitative estimate of drug-likeness (QED) is 0.634. The third-order valence-corrected chi connectivity index (χ3v) is 1.87. The fraction of sp³-hybridized carbons (Fsp3) is 0.417. The number of methoxy groups -OCH3 is 2. The molecular weight excluding hydrogens is 208 g/mol. The van der Waals surface area contributed by atoms with E-state index in [-0.39, 0.29) is 13.6 Å². The molecule has 4 nitrogen and oxygen atoms in total. The number of rotatable bonds is 8. The van der Waals surface area contributed by atoms with Crippen molar-refractivity contribution in [1.82, 2.24) is 0 Å². The van der Waals surface area contributed by atoms with Crippen LogP contribution in [0.1, 0.15) is 5.56 Å². The molecule has 0 spiro atoms. The van der Waals surface area contributed by atoms with Gasteiger partial charge in [-0.15, -0.1) is 0 Å². The predicted octanol–water partition coefficient (Wildman–Crippen LogP) is 1.96. The molecule has 0 aliphatic carbocycles. The van der Waals surface area contributed by atoms with E-state index in [0.29, 0.717) is 12.7 Å². The van der Waals surface area contributed by atoms with Gasteiger partial charge >= 0.3 is 0 Å². The molecule has 0 amide bonds. The highest BCUT2D eigenvalue weighted by molar-refractivity contribution is 5.16. The van der Waals surface area contributed by atoms with E-state index in [1.54, 1.807) is 14.2 Å². The summed E-state index contributed by atoms with van der Waals surface area (Å²) >= 11 is 0. The molecule has 1 radical (unpaired) electrons. The highest BCUT2D eigenvalue weighted by Crippen LogP contribution is 2.13. The van der Waals surface area contributed by atoms with Gasteiger partial charge in [-0.05, 0) is 5.56 Å². The summed E-state index contributed by atoms with van der Waals surface area (Å²) in [5, 5.41) is 0. The van der Waals surface area contributed by atoms with Crippen LogP contribution in [0.15, 0.2) is 30.3 Å². The van der Waals surface area contributed by atoms with Crippen LogP contribution in [0.3, 0.4) is 0 Å². The van der Waals surface area contributed by atoms with Gasteiger partial charge in [-0.1, -0.05) is 30.3 Å². The Bertz CT molecular complexity index is 255. The van der Waals surface area contributed by atoms with Gasteiger partial charge in [-0.3, -0.25) is 0 Å². The van der Waals surface area contributed by atoms with Crippen LogP contribution >= 0.6 is 0 Å². The molecule has 16 heavy (non-hydrogen) atoms. The Morgan fingerprint density at radius 3 is 2.00 bits per heavy atom. The third kappa shape index (κ3) is 5.23. The Morgan fingerprint density at radius 2 is 1.50 bits per heavy atom. The van der Waals surface area contributed by atoms with Gasteiger partial charge in [0.05, 0.1) is 0 Å². The molecule has 89 valence electrons. The largest absolute Gasteiger partial charge is 0.359 e. The molecule has 0 aliphatic rings. The summed E-state index contributed by atoms with van der Waals surface area (Å²) in [6, 6.07) is 9.92. The van der Waals surface area contributed by atoms with Gasteiger partial charge in [0.25, 0.3) is 0 Å². The Kier molecular flexibility index (Phi) is 6.76. The van der Waals surface area contributed by atoms with E-state index in [1.807, 2.05) is 30.3 Å². The minimum atomic E-state index is 0.173. The van der Waals surface area contributed by atoms with Gasteiger partial charge in [-0.25, -0.2) is 0 Å². The van der Waals surface area contributed by atoms with Crippen LogP contribution in [0.4, 0.5) is 0 Å². The molecule has 0 saturated carbocycles. The van der Waals surface area contributed by atoms with Gasteiger partial charge in [-0.2, -0.15) is 0 Å². The van der Waals surface area contributed by atoms with Gasteiger partial charge in [0.2, 0.25) is 6.29 Å². The maximum Gasteiger partial charge on any atom is 0.232 e. The molecule has 0 N–H and O–H groups in total. The number of hydrogen-bond acceptors (Lipinski definition) is 4. The smallest absolute Gasteiger partial charge is 0.232 e. The predicted molar refractivity (Wildman–Crippen MR) is 59.3 cm³/mol. The molecule has 0 unspecified atom stereocenters. The van der Waals surface area contributed by atoms with Crippen molar-refractivity contribution in [1.29, 1.82) is 0 Å². The molecule has 1 rings (SSSR count). The van der Waals surface area contributed by atoms with E-state index in [1.165, 1.54) is 0 Å². The van der Waals surface area contributed by atoms with Crippen molar-refractivity contribution in [3.05, 3.63) is 42.2 Å². The molecule has 1 aromatic carbocycles. The minimum absolute atomic E-state index is 0.173. The lowest BCUT2D eigenvalue weighted by Crippen LogP contribution is -2.14. The molecule has 0 saturated heterocycles. The fourth-order valence-electron chi connectivity index (χ4n) is 1.16. The summed E-state index contributed by atoms with van der Waals surface area (Å²) in [5.74, 6) is 0. The second kappa shape index (κ2) is 8.24. The molecule has 0 heterocycles. The van der Waals surface area contributed by atoms with Gasteiger partial charge in [0.1, 0.15) is 13.6 Å². The molecule has 4 heteroatoms. The van der Waals surface area contributed by atoms with Crippen molar-refractivity contribution in [2.75, 3.05) is 27.8 Å². The van der Waals surface area contributed by atoms with Crippen LogP contribution in [-0.4, -0.2) is 27.8 Å². The fourth-order valence-corrected chi connectivity index (χ4v) is 1.16. The monoisotopic (exact) mass is 225 g/mol. The lowest BCUT2D eigenvalue weighted by Gasteiger charge is -2.15. The summed E-state index contributed by atoms with van der Waals surface area (Å²) in [5.41, 5.74) is 1.12. The van der Waals surface area contributed by atoms with Crippen LogP contribution in [0, 0.1) is 6.29 Å². The Hall–Kier alpha value is -0.940. The third-order valence-electron chi connectivity index (χ3n) is 1.87. The standard InChI is InChI=1S/C12H17O4/c1-13-9-15-12(16-10-14-2)8-11-6-4-3-5-7-11/h3-7H,8-10H2,1-2H3. The number of ether oxygens (including phenoxy) is 4. The average molecular weight is 225 g/mol. The van der Waals surface area contributed by atoms with Crippen molar-refractivity contribution in [2.45, 2.75) is 6.42 Å². The highest BCUT2D eigenvalue weighted by Gasteiger charge is 2.12. The van der Waals surface area contributed by atoms with E-state index in [0.717, 1.165) is 5.56 Å². The molecule has 0 aromatic heterocycles. The molecule has 0 bridgehead atoms. The number of hydrogen-bond donors (Lipinski definition) is 0. The maximum absolute atomic E-state index is 5.29. The molecule has 0 atom stereocenters.